The molecule has 41 heavy (non-hydrogen) atoms. The third-order valence-corrected chi connectivity index (χ3v) is 6.93. The first-order chi connectivity index (χ1) is 18.8. The van der Waals surface area contributed by atoms with E-state index in [1.807, 2.05) is 0 Å². The van der Waals surface area contributed by atoms with Gasteiger partial charge in [0.05, 0.1) is 12.1 Å². The topological polar surface area (TPSA) is 21.9 Å². The number of rotatable bonds is 6. The van der Waals surface area contributed by atoms with E-state index in [1.165, 1.54) is 32.6 Å². The summed E-state index contributed by atoms with van der Waals surface area (Å²) < 4.78 is 152. The molecule has 0 saturated carbocycles. The zero-order valence-corrected chi connectivity index (χ0v) is 23.5. The molecular weight excluding hydrogens is 569 g/mol. The molecule has 3 rings (SSSR count). The average Bonchev–Trinajstić information content (AvgIpc) is 2.87. The lowest BCUT2D eigenvalue weighted by atomic mass is 9.33. The zero-order chi connectivity index (χ0) is 31.5. The molecule has 0 radical (unpaired) electrons. The molecule has 0 saturated heterocycles. The predicted octanol–water partition coefficient (Wildman–Crippen LogP) is 5.28. The Bertz CT molecular complexity index is 1310. The normalized spacial score (nSPS) is 16.7. The minimum absolute atomic E-state index is 0.255. The molecule has 226 valence electrons. The molecule has 0 aliphatic carbocycles. The number of hydrogen-bond acceptors (Lipinski definition) is 1. The van der Waals surface area contributed by atoms with E-state index in [-0.39, 0.29) is 5.96 Å². The van der Waals surface area contributed by atoms with E-state index in [9.17, 15) is 26.3 Å². The van der Waals surface area contributed by atoms with Crippen molar-refractivity contribution in [2.75, 3.05) is 0 Å². The van der Waals surface area contributed by atoms with Gasteiger partial charge in [-0.05, 0) is 61.4 Å². The van der Waals surface area contributed by atoms with Crippen molar-refractivity contribution in [3.8, 4) is 0 Å². The maximum Gasteiger partial charge on any atom is 0.351 e. The number of guanidine groups is 1. The molecule has 2 aromatic rings. The van der Waals surface area contributed by atoms with Gasteiger partial charge in [-0.1, -0.05) is 10.9 Å². The van der Waals surface area contributed by atoms with Crippen LogP contribution in [0.3, 0.4) is 0 Å². The van der Waals surface area contributed by atoms with Gasteiger partial charge in [0.15, 0.2) is 41.2 Å². The van der Waals surface area contributed by atoms with E-state index in [2.05, 4.69) is 4.99 Å². The Morgan fingerprint density at radius 2 is 0.902 bits per heavy atom. The highest BCUT2D eigenvalue weighted by Crippen LogP contribution is 2.32. The molecular formula is C26H29BF10N4. The number of halogens is 10. The van der Waals surface area contributed by atoms with Gasteiger partial charge in [-0.3, -0.25) is 0 Å². The van der Waals surface area contributed by atoms with Gasteiger partial charge < -0.3 is 9.30 Å². The van der Waals surface area contributed by atoms with Crippen LogP contribution in [0.1, 0.15) is 55.4 Å². The van der Waals surface area contributed by atoms with Crippen LogP contribution in [-0.4, -0.2) is 57.1 Å². The van der Waals surface area contributed by atoms with Crippen LogP contribution >= 0.6 is 0 Å². The molecule has 0 unspecified atom stereocenters. The van der Waals surface area contributed by atoms with Gasteiger partial charge in [0, 0.05) is 6.04 Å². The number of benzene rings is 2. The Kier molecular flexibility index (Phi) is 8.81. The van der Waals surface area contributed by atoms with Crippen molar-refractivity contribution >= 4 is 29.6 Å². The van der Waals surface area contributed by atoms with Crippen molar-refractivity contribution in [3.05, 3.63) is 58.2 Å². The van der Waals surface area contributed by atoms with Crippen molar-refractivity contribution in [1.29, 1.82) is 0 Å². The molecule has 0 aromatic heterocycles. The van der Waals surface area contributed by atoms with Crippen molar-refractivity contribution in [2.45, 2.75) is 79.6 Å². The monoisotopic (exact) mass is 598 g/mol. The molecule has 0 fully saturated rings. The number of hydrogen-bond donors (Lipinski definition) is 0. The Labute approximate surface area is 230 Å². The standard InChI is InChI=1S/C26H29BF10N4/c1-10(2)38-26-39(11(3)4)9-40(12(5)6)27(41(26)13(7)8,14-16(28)20(32)24(36)21(33)17(14)29)15-18(30)22(34)25(37)23(35)19(15)31/h9-13H,1-8H3. The Hall–Kier alpha value is -3.26. The summed E-state index contributed by atoms with van der Waals surface area (Å²) in [4.78, 5) is 6.72. The molecule has 0 N–H and O–H groups in total. The number of aliphatic imine (C=N–C) groups is 1. The molecule has 4 nitrogen and oxygen atoms in total. The second kappa shape index (κ2) is 11.2. The molecule has 0 amide bonds. The zero-order valence-electron chi connectivity index (χ0n) is 23.5. The van der Waals surface area contributed by atoms with Crippen LogP contribution in [0.4, 0.5) is 43.9 Å². The van der Waals surface area contributed by atoms with E-state index in [4.69, 9.17) is 0 Å². The second-order valence-corrected chi connectivity index (χ2v) is 10.9. The quantitative estimate of drug-likeness (QED) is 0.196. The van der Waals surface area contributed by atoms with Gasteiger partial charge in [-0.15, -0.1) is 0 Å². The molecule has 1 heterocycles. The SMILES string of the molecule is CC(C)N=C1N(C(C)C)C=[N+](C(C)C)[B-](c2c(F)c(F)c(F)c(F)c2F)(c2c(F)c(F)c(F)c(F)c2F)N1C(C)C. The Morgan fingerprint density at radius 1 is 0.561 bits per heavy atom. The molecule has 0 bridgehead atoms. The maximum atomic E-state index is 15.8. The van der Waals surface area contributed by atoms with E-state index in [0.717, 1.165) is 15.6 Å². The van der Waals surface area contributed by atoms with Gasteiger partial charge in [-0.25, -0.2) is 53.8 Å². The molecule has 0 atom stereocenters. The smallest absolute Gasteiger partial charge is 0.351 e. The fraction of sp³-hybridized carbons (Fsp3) is 0.462. The third kappa shape index (κ3) is 4.74. The first kappa shape index (κ1) is 32.3. The fourth-order valence-corrected chi connectivity index (χ4v) is 5.36. The average molecular weight is 598 g/mol. The van der Waals surface area contributed by atoms with Crippen LogP contribution < -0.4 is 10.9 Å². The van der Waals surface area contributed by atoms with Gasteiger partial charge in [0.2, 0.25) is 0 Å². The summed E-state index contributed by atoms with van der Waals surface area (Å²) >= 11 is 0. The second-order valence-electron chi connectivity index (χ2n) is 10.9. The first-order valence-electron chi connectivity index (χ1n) is 12.8. The molecule has 15 heteroatoms. The lowest BCUT2D eigenvalue weighted by Gasteiger charge is -2.58. The van der Waals surface area contributed by atoms with Crippen LogP contribution in [0.5, 0.6) is 0 Å². The molecule has 2 aromatic carbocycles. The Balaban J connectivity index is 2.90. The summed E-state index contributed by atoms with van der Waals surface area (Å²) in [5.41, 5.74) is -3.58. The summed E-state index contributed by atoms with van der Waals surface area (Å²) in [5.74, 6) is -25.3. The van der Waals surface area contributed by atoms with Gasteiger partial charge in [-0.2, -0.15) is 0 Å². The fourth-order valence-electron chi connectivity index (χ4n) is 5.36. The predicted molar refractivity (Wildman–Crippen MR) is 135 cm³/mol. The van der Waals surface area contributed by atoms with Crippen molar-refractivity contribution < 1.29 is 48.4 Å². The van der Waals surface area contributed by atoms with E-state index >= 15 is 17.6 Å². The van der Waals surface area contributed by atoms with Crippen LogP contribution in [0.2, 0.25) is 0 Å². The molecule has 1 aliphatic rings. The van der Waals surface area contributed by atoms with E-state index in [1.54, 1.807) is 27.7 Å². The van der Waals surface area contributed by atoms with Gasteiger partial charge in [0.1, 0.15) is 23.3 Å². The van der Waals surface area contributed by atoms with Crippen LogP contribution in [0.15, 0.2) is 4.99 Å². The van der Waals surface area contributed by atoms with Crippen molar-refractivity contribution in [3.63, 3.8) is 0 Å². The van der Waals surface area contributed by atoms with Crippen LogP contribution in [-0.2, 0) is 0 Å². The Morgan fingerprint density at radius 3 is 1.17 bits per heavy atom. The highest BCUT2D eigenvalue weighted by molar-refractivity contribution is 6.96. The summed E-state index contributed by atoms with van der Waals surface area (Å²) in [7, 11) is 0. The van der Waals surface area contributed by atoms with Gasteiger partial charge in [0.25, 0.3) is 5.96 Å². The van der Waals surface area contributed by atoms with Crippen molar-refractivity contribution in [2.24, 2.45) is 4.99 Å². The van der Waals surface area contributed by atoms with E-state index in [0.29, 0.717) is 0 Å². The molecule has 0 spiro atoms. The van der Waals surface area contributed by atoms with Gasteiger partial charge >= 0.3 is 6.42 Å². The lowest BCUT2D eigenvalue weighted by Crippen LogP contribution is -2.86. The lowest BCUT2D eigenvalue weighted by molar-refractivity contribution is -0.442. The highest BCUT2D eigenvalue weighted by atomic mass is 19.2. The molecule has 1 aliphatic heterocycles. The highest BCUT2D eigenvalue weighted by Gasteiger charge is 2.58. The summed E-state index contributed by atoms with van der Waals surface area (Å²) in [6.07, 6.45) is -3.35. The first-order valence-corrected chi connectivity index (χ1v) is 12.8. The van der Waals surface area contributed by atoms with Crippen LogP contribution in [0.25, 0.3) is 0 Å². The van der Waals surface area contributed by atoms with Crippen LogP contribution in [0, 0.1) is 58.2 Å². The third-order valence-electron chi connectivity index (χ3n) is 6.93. The van der Waals surface area contributed by atoms with Crippen molar-refractivity contribution in [1.82, 2.24) is 9.71 Å². The summed E-state index contributed by atoms with van der Waals surface area (Å²) in [5, 5.41) is 0. The minimum Gasteiger partial charge on any atom is -0.446 e. The summed E-state index contributed by atoms with van der Waals surface area (Å²) in [6.45, 7) is 11.9. The minimum atomic E-state index is -4.44. The number of nitrogens with zero attached hydrogens (tertiary/aromatic N) is 4. The summed E-state index contributed by atoms with van der Waals surface area (Å²) in [6, 6.07) is -3.35. The maximum absolute atomic E-state index is 15.8. The van der Waals surface area contributed by atoms with E-state index < -0.39 is 99.7 Å². The largest absolute Gasteiger partial charge is 0.446 e.